The van der Waals surface area contributed by atoms with Crippen molar-refractivity contribution in [2.24, 2.45) is 0 Å². The molecule has 0 aliphatic heterocycles. The second kappa shape index (κ2) is 7.52. The monoisotopic (exact) mass is 301 g/mol. The van der Waals surface area contributed by atoms with Crippen molar-refractivity contribution in [1.29, 1.82) is 0 Å². The van der Waals surface area contributed by atoms with Crippen molar-refractivity contribution in [2.45, 2.75) is 38.7 Å². The van der Waals surface area contributed by atoms with Crippen molar-refractivity contribution < 1.29 is 9.50 Å². The molecule has 0 radical (unpaired) electrons. The molecule has 0 heterocycles. The van der Waals surface area contributed by atoms with Crippen LogP contribution in [0.2, 0.25) is 0 Å². The number of rotatable bonds is 7. The fraction of sp³-hybridized carbons (Fsp3) is 0.368. The number of halogens is 1. The molecule has 0 amide bonds. The Labute approximate surface area is 132 Å². The van der Waals surface area contributed by atoms with Gasteiger partial charge in [-0.15, -0.1) is 0 Å². The summed E-state index contributed by atoms with van der Waals surface area (Å²) in [6, 6.07) is 20.1. The minimum atomic E-state index is -1.61. The molecule has 0 bridgehead atoms. The Bertz CT molecular complexity index is 509. The van der Waals surface area contributed by atoms with Crippen LogP contribution in [-0.4, -0.2) is 28.3 Å². The fourth-order valence-electron chi connectivity index (χ4n) is 2.33. The minimum Gasteiger partial charge on any atom is -0.388 e. The summed E-state index contributed by atoms with van der Waals surface area (Å²) in [5.74, 6) is 0. The molecule has 0 saturated heterocycles. The standard InChI is InChI=1S/C19H24FNO/c1-19(2,20)18(22)15-21(13-16-9-5-3-6-10-16)14-17-11-7-4-8-12-17/h3-12,18,22H,13-15H2,1-2H3/t18-/m1/s1. The zero-order valence-electron chi connectivity index (χ0n) is 13.2. The second-order valence-corrected chi connectivity index (χ2v) is 6.22. The predicted octanol–water partition coefficient (Wildman–Crippen LogP) is 3.80. The Balaban J connectivity index is 2.09. The van der Waals surface area contributed by atoms with E-state index in [1.807, 2.05) is 60.7 Å². The zero-order valence-corrected chi connectivity index (χ0v) is 13.2. The van der Waals surface area contributed by atoms with Crippen molar-refractivity contribution in [3.63, 3.8) is 0 Å². The summed E-state index contributed by atoms with van der Waals surface area (Å²) in [6.45, 7) is 4.50. The third kappa shape index (κ3) is 5.24. The molecule has 0 unspecified atom stereocenters. The van der Waals surface area contributed by atoms with Crippen LogP contribution in [0.15, 0.2) is 60.7 Å². The van der Waals surface area contributed by atoms with Gasteiger partial charge in [-0.05, 0) is 25.0 Å². The smallest absolute Gasteiger partial charge is 0.132 e. The lowest BCUT2D eigenvalue weighted by atomic mass is 10.0. The van der Waals surface area contributed by atoms with Gasteiger partial charge in [0.15, 0.2) is 0 Å². The molecule has 3 heteroatoms. The van der Waals surface area contributed by atoms with Crippen LogP contribution in [0.5, 0.6) is 0 Å². The van der Waals surface area contributed by atoms with Crippen LogP contribution < -0.4 is 0 Å². The van der Waals surface area contributed by atoms with Gasteiger partial charge in [0.25, 0.3) is 0 Å². The van der Waals surface area contributed by atoms with E-state index < -0.39 is 11.8 Å². The summed E-state index contributed by atoms with van der Waals surface area (Å²) in [6.07, 6.45) is -1.01. The topological polar surface area (TPSA) is 23.5 Å². The maximum Gasteiger partial charge on any atom is 0.132 e. The van der Waals surface area contributed by atoms with E-state index in [2.05, 4.69) is 4.90 Å². The molecule has 118 valence electrons. The Hall–Kier alpha value is -1.71. The minimum absolute atomic E-state index is 0.299. The Morgan fingerprint density at radius 3 is 1.68 bits per heavy atom. The Morgan fingerprint density at radius 1 is 0.909 bits per heavy atom. The second-order valence-electron chi connectivity index (χ2n) is 6.22. The van der Waals surface area contributed by atoms with E-state index in [0.717, 1.165) is 11.1 Å². The predicted molar refractivity (Wildman–Crippen MR) is 88.2 cm³/mol. The molecule has 1 N–H and O–H groups in total. The zero-order chi connectivity index (χ0) is 16.0. The van der Waals surface area contributed by atoms with Gasteiger partial charge in [0.2, 0.25) is 0 Å². The third-order valence-corrected chi connectivity index (χ3v) is 3.72. The lowest BCUT2D eigenvalue weighted by Gasteiger charge is -2.29. The van der Waals surface area contributed by atoms with Crippen LogP contribution >= 0.6 is 0 Å². The molecule has 2 rings (SSSR count). The quantitative estimate of drug-likeness (QED) is 0.841. The molecule has 0 spiro atoms. The average Bonchev–Trinajstić information content (AvgIpc) is 2.48. The van der Waals surface area contributed by atoms with Gasteiger partial charge in [0, 0.05) is 19.6 Å². The Morgan fingerprint density at radius 2 is 1.32 bits per heavy atom. The maximum absolute atomic E-state index is 13.9. The van der Waals surface area contributed by atoms with Crippen molar-refractivity contribution >= 4 is 0 Å². The van der Waals surface area contributed by atoms with Crippen LogP contribution in [0, 0.1) is 0 Å². The van der Waals surface area contributed by atoms with E-state index in [9.17, 15) is 9.50 Å². The molecule has 2 aromatic carbocycles. The summed E-state index contributed by atoms with van der Waals surface area (Å²) >= 11 is 0. The number of hydrogen-bond donors (Lipinski definition) is 1. The lowest BCUT2D eigenvalue weighted by Crippen LogP contribution is -2.41. The number of nitrogens with zero attached hydrogens (tertiary/aromatic N) is 1. The van der Waals surface area contributed by atoms with Crippen LogP contribution in [0.1, 0.15) is 25.0 Å². The third-order valence-electron chi connectivity index (χ3n) is 3.72. The van der Waals surface area contributed by atoms with Gasteiger partial charge in [0.05, 0.1) is 0 Å². The van der Waals surface area contributed by atoms with E-state index in [1.54, 1.807) is 0 Å². The summed E-state index contributed by atoms with van der Waals surface area (Å²) in [5, 5.41) is 10.1. The fourth-order valence-corrected chi connectivity index (χ4v) is 2.33. The van der Waals surface area contributed by atoms with E-state index >= 15 is 0 Å². The van der Waals surface area contributed by atoms with Gasteiger partial charge in [-0.25, -0.2) is 4.39 Å². The van der Waals surface area contributed by atoms with Crippen molar-refractivity contribution in [3.8, 4) is 0 Å². The largest absolute Gasteiger partial charge is 0.388 e. The number of hydrogen-bond acceptors (Lipinski definition) is 2. The molecule has 1 atom stereocenters. The van der Waals surface area contributed by atoms with Gasteiger partial charge in [0.1, 0.15) is 11.8 Å². The van der Waals surface area contributed by atoms with Crippen molar-refractivity contribution in [2.75, 3.05) is 6.54 Å². The van der Waals surface area contributed by atoms with Crippen molar-refractivity contribution in [1.82, 2.24) is 4.90 Å². The highest BCUT2D eigenvalue weighted by Gasteiger charge is 2.28. The normalized spacial score (nSPS) is 13.3. The Kier molecular flexibility index (Phi) is 5.69. The van der Waals surface area contributed by atoms with E-state index in [-0.39, 0.29) is 0 Å². The first-order valence-corrected chi connectivity index (χ1v) is 7.62. The molecule has 0 aliphatic carbocycles. The van der Waals surface area contributed by atoms with Gasteiger partial charge in [-0.1, -0.05) is 60.7 Å². The lowest BCUT2D eigenvalue weighted by molar-refractivity contribution is -0.00962. The first-order chi connectivity index (χ1) is 10.4. The van der Waals surface area contributed by atoms with Crippen molar-refractivity contribution in [3.05, 3.63) is 71.8 Å². The number of aliphatic hydroxyl groups excluding tert-OH is 1. The van der Waals surface area contributed by atoms with E-state index in [0.29, 0.717) is 19.6 Å². The molecular weight excluding hydrogens is 277 g/mol. The summed E-state index contributed by atoms with van der Waals surface area (Å²) < 4.78 is 13.9. The molecular formula is C19H24FNO. The molecule has 2 nitrogen and oxygen atoms in total. The van der Waals surface area contributed by atoms with Crippen LogP contribution in [0.3, 0.4) is 0 Å². The highest BCUT2D eigenvalue weighted by molar-refractivity contribution is 5.17. The first-order valence-electron chi connectivity index (χ1n) is 7.62. The van der Waals surface area contributed by atoms with Gasteiger partial charge in [-0.3, -0.25) is 4.90 Å². The first kappa shape index (κ1) is 16.7. The molecule has 0 saturated carbocycles. The number of aliphatic hydroxyl groups is 1. The molecule has 0 aromatic heterocycles. The number of benzene rings is 2. The summed E-state index contributed by atoms with van der Waals surface area (Å²) in [4.78, 5) is 2.08. The van der Waals surface area contributed by atoms with Crippen LogP contribution in [0.25, 0.3) is 0 Å². The average molecular weight is 301 g/mol. The van der Waals surface area contributed by atoms with E-state index in [1.165, 1.54) is 13.8 Å². The molecule has 0 aliphatic rings. The van der Waals surface area contributed by atoms with Gasteiger partial charge < -0.3 is 5.11 Å². The van der Waals surface area contributed by atoms with Crippen LogP contribution in [-0.2, 0) is 13.1 Å². The van der Waals surface area contributed by atoms with Gasteiger partial charge >= 0.3 is 0 Å². The molecule has 0 fully saturated rings. The van der Waals surface area contributed by atoms with Gasteiger partial charge in [-0.2, -0.15) is 0 Å². The maximum atomic E-state index is 13.9. The van der Waals surface area contributed by atoms with E-state index in [4.69, 9.17) is 0 Å². The van der Waals surface area contributed by atoms with Crippen LogP contribution in [0.4, 0.5) is 4.39 Å². The number of alkyl halides is 1. The SMILES string of the molecule is CC(C)(F)[C@H](O)CN(Cc1ccccc1)Cc1ccccc1. The molecule has 2 aromatic rings. The highest BCUT2D eigenvalue weighted by Crippen LogP contribution is 2.18. The molecule has 22 heavy (non-hydrogen) atoms. The summed E-state index contributed by atoms with van der Waals surface area (Å²) in [7, 11) is 0. The summed E-state index contributed by atoms with van der Waals surface area (Å²) in [5.41, 5.74) is 0.704. The highest BCUT2D eigenvalue weighted by atomic mass is 19.1.